The maximum absolute atomic E-state index is 12.1. The summed E-state index contributed by atoms with van der Waals surface area (Å²) in [6.07, 6.45) is 3.71. The van der Waals surface area contributed by atoms with Gasteiger partial charge in [0.2, 0.25) is 5.91 Å². The van der Waals surface area contributed by atoms with E-state index < -0.39 is 5.60 Å². The molecule has 1 heterocycles. The van der Waals surface area contributed by atoms with Gasteiger partial charge >= 0.3 is 0 Å². The summed E-state index contributed by atoms with van der Waals surface area (Å²) in [5.41, 5.74) is 1.29. The molecule has 1 aromatic heterocycles. The molecule has 2 rings (SSSR count). The van der Waals surface area contributed by atoms with E-state index in [1.54, 1.807) is 23.7 Å². The summed E-state index contributed by atoms with van der Waals surface area (Å²) in [4.78, 5) is 13.8. The molecule has 1 saturated carbocycles. The highest BCUT2D eigenvalue weighted by Crippen LogP contribution is 2.30. The zero-order valence-electron chi connectivity index (χ0n) is 13.0. The molecule has 1 aliphatic carbocycles. The van der Waals surface area contributed by atoms with Gasteiger partial charge in [0.1, 0.15) is 5.76 Å². The van der Waals surface area contributed by atoms with Crippen LogP contribution >= 0.6 is 11.8 Å². The molecule has 1 fully saturated rings. The van der Waals surface area contributed by atoms with Crippen LogP contribution in [0.1, 0.15) is 42.7 Å². The first kappa shape index (κ1) is 16.4. The molecule has 0 bridgehead atoms. The van der Waals surface area contributed by atoms with Gasteiger partial charge in [-0.1, -0.05) is 18.0 Å². The molecular formula is C15H24N2O3S. The van der Waals surface area contributed by atoms with E-state index in [1.807, 2.05) is 13.8 Å². The molecule has 0 unspecified atom stereocenters. The van der Waals surface area contributed by atoms with Crippen molar-refractivity contribution in [1.29, 1.82) is 0 Å². The topological polar surface area (TPSA) is 66.6 Å². The predicted octanol–water partition coefficient (Wildman–Crippen LogP) is 2.29. The largest absolute Gasteiger partial charge is 0.388 e. The smallest absolute Gasteiger partial charge is 0.232 e. The Labute approximate surface area is 130 Å². The minimum absolute atomic E-state index is 0.0621. The van der Waals surface area contributed by atoms with E-state index in [1.165, 1.54) is 0 Å². The minimum atomic E-state index is -0.670. The SMILES string of the molecule is Cc1noc(C)c1CSCC(=O)N(C)CC1(O)CCCC1. The molecule has 1 aromatic rings. The van der Waals surface area contributed by atoms with Gasteiger partial charge in [-0.25, -0.2) is 0 Å². The monoisotopic (exact) mass is 312 g/mol. The number of nitrogens with zero attached hydrogens (tertiary/aromatic N) is 2. The van der Waals surface area contributed by atoms with Crippen LogP contribution in [0.15, 0.2) is 4.52 Å². The molecule has 0 atom stereocenters. The number of aromatic nitrogens is 1. The average Bonchev–Trinajstić information content (AvgIpc) is 2.98. The fraction of sp³-hybridized carbons (Fsp3) is 0.733. The lowest BCUT2D eigenvalue weighted by molar-refractivity contribution is -0.130. The maximum atomic E-state index is 12.1. The van der Waals surface area contributed by atoms with Crippen LogP contribution in [0.25, 0.3) is 0 Å². The van der Waals surface area contributed by atoms with Crippen LogP contribution < -0.4 is 0 Å². The lowest BCUT2D eigenvalue weighted by Crippen LogP contribution is -2.42. The lowest BCUT2D eigenvalue weighted by atomic mass is 10.0. The van der Waals surface area contributed by atoms with Crippen LogP contribution in [-0.4, -0.2) is 46.0 Å². The van der Waals surface area contributed by atoms with E-state index in [2.05, 4.69) is 5.16 Å². The highest BCUT2D eigenvalue weighted by molar-refractivity contribution is 7.99. The Morgan fingerprint density at radius 2 is 2.10 bits per heavy atom. The van der Waals surface area contributed by atoms with Crippen molar-refractivity contribution in [3.8, 4) is 0 Å². The van der Waals surface area contributed by atoms with Crippen LogP contribution in [0.5, 0.6) is 0 Å². The van der Waals surface area contributed by atoms with E-state index in [0.29, 0.717) is 12.3 Å². The van der Waals surface area contributed by atoms with Gasteiger partial charge in [-0.15, -0.1) is 11.8 Å². The van der Waals surface area contributed by atoms with Gasteiger partial charge in [0.15, 0.2) is 0 Å². The van der Waals surface area contributed by atoms with Crippen molar-refractivity contribution in [3.63, 3.8) is 0 Å². The predicted molar refractivity (Wildman–Crippen MR) is 83.2 cm³/mol. The first-order valence-corrected chi connectivity index (χ1v) is 8.52. The van der Waals surface area contributed by atoms with Crippen molar-refractivity contribution in [2.24, 2.45) is 0 Å². The molecule has 6 heteroatoms. The van der Waals surface area contributed by atoms with Crippen LogP contribution in [0.3, 0.4) is 0 Å². The van der Waals surface area contributed by atoms with Gasteiger partial charge < -0.3 is 14.5 Å². The first-order chi connectivity index (χ1) is 9.91. The van der Waals surface area contributed by atoms with E-state index in [-0.39, 0.29) is 5.91 Å². The molecule has 0 spiro atoms. The molecule has 0 aliphatic heterocycles. The van der Waals surface area contributed by atoms with Crippen LogP contribution in [0.4, 0.5) is 0 Å². The van der Waals surface area contributed by atoms with E-state index in [4.69, 9.17) is 4.52 Å². The minimum Gasteiger partial charge on any atom is -0.388 e. The molecule has 1 aliphatic rings. The number of likely N-dealkylation sites (N-methyl/N-ethyl adjacent to an activating group) is 1. The van der Waals surface area contributed by atoms with Crippen molar-refractivity contribution in [2.75, 3.05) is 19.3 Å². The van der Waals surface area contributed by atoms with Gasteiger partial charge in [0.05, 0.1) is 17.0 Å². The summed E-state index contributed by atoms with van der Waals surface area (Å²) in [6, 6.07) is 0. The van der Waals surface area contributed by atoms with Crippen molar-refractivity contribution >= 4 is 17.7 Å². The number of carbonyl (C=O) groups excluding carboxylic acids is 1. The fourth-order valence-corrected chi connectivity index (χ4v) is 3.89. The van der Waals surface area contributed by atoms with Crippen molar-refractivity contribution in [3.05, 3.63) is 17.0 Å². The van der Waals surface area contributed by atoms with Gasteiger partial charge in [-0.2, -0.15) is 0 Å². The standard InChI is InChI=1S/C15H24N2O3S/c1-11-13(12(2)20-16-11)8-21-9-14(18)17(3)10-15(19)6-4-5-7-15/h19H,4-10H2,1-3H3. The first-order valence-electron chi connectivity index (χ1n) is 7.37. The second kappa shape index (κ2) is 6.83. The summed E-state index contributed by atoms with van der Waals surface area (Å²) in [5.74, 6) is 2.02. The molecule has 1 amide bonds. The molecule has 0 radical (unpaired) electrons. The number of aliphatic hydroxyl groups is 1. The normalized spacial score (nSPS) is 17.1. The highest BCUT2D eigenvalue weighted by Gasteiger charge is 2.33. The molecular weight excluding hydrogens is 288 g/mol. The number of hydrogen-bond acceptors (Lipinski definition) is 5. The zero-order valence-corrected chi connectivity index (χ0v) is 13.8. The Morgan fingerprint density at radius 3 is 2.67 bits per heavy atom. The number of hydrogen-bond donors (Lipinski definition) is 1. The number of rotatable bonds is 6. The van der Waals surface area contributed by atoms with Gasteiger partial charge in [-0.05, 0) is 26.7 Å². The maximum Gasteiger partial charge on any atom is 0.232 e. The summed E-state index contributed by atoms with van der Waals surface area (Å²) < 4.78 is 5.11. The van der Waals surface area contributed by atoms with E-state index >= 15 is 0 Å². The Hall–Kier alpha value is -1.01. The second-order valence-electron chi connectivity index (χ2n) is 5.98. The summed E-state index contributed by atoms with van der Waals surface area (Å²) in [5, 5.41) is 14.2. The number of carbonyl (C=O) groups is 1. The van der Waals surface area contributed by atoms with E-state index in [9.17, 15) is 9.90 Å². The van der Waals surface area contributed by atoms with Gasteiger partial charge in [0, 0.05) is 24.9 Å². The third-order valence-electron chi connectivity index (χ3n) is 4.14. The zero-order chi connectivity index (χ0) is 15.5. The Balaban J connectivity index is 1.76. The Kier molecular flexibility index (Phi) is 5.32. The molecule has 1 N–H and O–H groups in total. The van der Waals surface area contributed by atoms with Crippen molar-refractivity contribution < 1.29 is 14.4 Å². The van der Waals surface area contributed by atoms with Crippen molar-refractivity contribution in [2.45, 2.75) is 50.9 Å². The quantitative estimate of drug-likeness (QED) is 0.873. The van der Waals surface area contributed by atoms with Crippen LogP contribution in [-0.2, 0) is 10.5 Å². The third kappa shape index (κ3) is 4.23. The summed E-state index contributed by atoms with van der Waals surface area (Å²) >= 11 is 1.56. The Morgan fingerprint density at radius 1 is 1.43 bits per heavy atom. The van der Waals surface area contributed by atoms with Crippen molar-refractivity contribution in [1.82, 2.24) is 10.1 Å². The highest BCUT2D eigenvalue weighted by atomic mass is 32.2. The van der Waals surface area contributed by atoms with Crippen LogP contribution in [0.2, 0.25) is 0 Å². The molecule has 21 heavy (non-hydrogen) atoms. The number of aryl methyl sites for hydroxylation is 2. The average molecular weight is 312 g/mol. The van der Waals surface area contributed by atoms with Gasteiger partial charge in [-0.3, -0.25) is 4.79 Å². The third-order valence-corrected chi connectivity index (χ3v) is 5.09. The van der Waals surface area contributed by atoms with E-state index in [0.717, 1.165) is 48.5 Å². The fourth-order valence-electron chi connectivity index (χ4n) is 2.78. The van der Waals surface area contributed by atoms with Crippen LogP contribution in [0, 0.1) is 13.8 Å². The summed E-state index contributed by atoms with van der Waals surface area (Å²) in [6.45, 7) is 4.24. The second-order valence-corrected chi connectivity index (χ2v) is 6.96. The Bertz CT molecular complexity index is 476. The molecule has 0 saturated heterocycles. The molecule has 0 aromatic carbocycles. The number of thioether (sulfide) groups is 1. The number of amides is 1. The summed E-state index contributed by atoms with van der Waals surface area (Å²) in [7, 11) is 1.77. The molecule has 118 valence electrons. The van der Waals surface area contributed by atoms with Gasteiger partial charge in [0.25, 0.3) is 0 Å². The lowest BCUT2D eigenvalue weighted by Gasteiger charge is -2.28. The molecule has 5 nitrogen and oxygen atoms in total.